The monoisotopic (exact) mass is 421 g/mol. The van der Waals surface area contributed by atoms with Gasteiger partial charge in [-0.05, 0) is 29.8 Å². The van der Waals surface area contributed by atoms with Crippen LogP contribution in [0.25, 0.3) is 21.3 Å². The fraction of sp³-hybridized carbons (Fsp3) is 0.136. The number of hydrogen-bond acceptors (Lipinski definition) is 5. The molecule has 0 saturated heterocycles. The van der Waals surface area contributed by atoms with Crippen LogP contribution in [0, 0.1) is 0 Å². The molecule has 0 saturated carbocycles. The van der Waals surface area contributed by atoms with Crippen molar-refractivity contribution in [2.45, 2.75) is 6.54 Å². The number of ether oxygens (including phenoxy) is 1. The third-order valence-corrected chi connectivity index (χ3v) is 5.81. The predicted molar refractivity (Wildman–Crippen MR) is 118 cm³/mol. The van der Waals surface area contributed by atoms with Gasteiger partial charge in [-0.15, -0.1) is 11.3 Å². The topological polar surface area (TPSA) is 82.3 Å². The Morgan fingerprint density at radius 1 is 1.07 bits per heavy atom. The predicted octanol–water partition coefficient (Wildman–Crippen LogP) is 3.08. The minimum atomic E-state index is -0.529. The van der Waals surface area contributed by atoms with Crippen LogP contribution in [0.5, 0.6) is 5.75 Å². The number of aromatic nitrogens is 2. The summed E-state index contributed by atoms with van der Waals surface area (Å²) in [6.45, 7) is -0.194. The molecule has 0 spiro atoms. The summed E-state index contributed by atoms with van der Waals surface area (Å²) in [6.07, 6.45) is 0. The lowest BCUT2D eigenvalue weighted by molar-refractivity contribution is -0.116. The highest BCUT2D eigenvalue weighted by Crippen LogP contribution is 2.32. The van der Waals surface area contributed by atoms with Gasteiger partial charge in [0.05, 0.1) is 12.5 Å². The lowest BCUT2D eigenvalue weighted by atomic mass is 10.1. The number of rotatable bonds is 5. The van der Waals surface area contributed by atoms with Crippen molar-refractivity contribution < 1.29 is 9.53 Å². The first-order valence-electron chi connectivity index (χ1n) is 9.20. The maximum atomic E-state index is 12.9. The van der Waals surface area contributed by atoms with Crippen molar-refractivity contribution in [1.29, 1.82) is 0 Å². The number of benzene rings is 2. The number of thiophene rings is 1. The average Bonchev–Trinajstić information content (AvgIpc) is 3.21. The smallest absolute Gasteiger partial charge is 0.332 e. The Kier molecular flexibility index (Phi) is 5.24. The standard InChI is InChI=1S/C22H19N3O4S/c1-24-20(27)19-17(14-8-10-16(29-2)11-9-14)13-30-21(19)25(22(24)28)12-18(26)23-15-6-4-3-5-7-15/h3-11,13H,12H2,1-2H3,(H,23,26). The van der Waals surface area contributed by atoms with Gasteiger partial charge in [-0.3, -0.25) is 18.7 Å². The van der Waals surface area contributed by atoms with Gasteiger partial charge < -0.3 is 10.1 Å². The van der Waals surface area contributed by atoms with E-state index in [1.54, 1.807) is 19.2 Å². The van der Waals surface area contributed by atoms with E-state index in [2.05, 4.69) is 5.32 Å². The summed E-state index contributed by atoms with van der Waals surface area (Å²) in [5, 5.41) is 5.02. The summed E-state index contributed by atoms with van der Waals surface area (Å²) < 4.78 is 7.57. The van der Waals surface area contributed by atoms with E-state index in [0.29, 0.717) is 21.7 Å². The number of carbonyl (C=O) groups excluding carboxylic acids is 1. The highest BCUT2D eigenvalue weighted by atomic mass is 32.1. The van der Waals surface area contributed by atoms with E-state index in [-0.39, 0.29) is 18.0 Å². The zero-order valence-electron chi connectivity index (χ0n) is 16.4. The molecule has 8 heteroatoms. The number of amides is 1. The van der Waals surface area contributed by atoms with E-state index in [1.807, 2.05) is 47.8 Å². The van der Waals surface area contributed by atoms with Crippen molar-refractivity contribution in [2.24, 2.45) is 7.05 Å². The minimum Gasteiger partial charge on any atom is -0.497 e. The quantitative estimate of drug-likeness (QED) is 0.537. The van der Waals surface area contributed by atoms with E-state index in [9.17, 15) is 14.4 Å². The second-order valence-electron chi connectivity index (χ2n) is 6.71. The minimum absolute atomic E-state index is 0.194. The zero-order chi connectivity index (χ0) is 21.3. The van der Waals surface area contributed by atoms with Crippen molar-refractivity contribution in [3.05, 3.63) is 80.8 Å². The number of nitrogens with one attached hydrogen (secondary N) is 1. The number of fused-ring (bicyclic) bond motifs is 1. The molecule has 7 nitrogen and oxygen atoms in total. The van der Waals surface area contributed by atoms with E-state index < -0.39 is 5.69 Å². The normalized spacial score (nSPS) is 10.9. The Morgan fingerprint density at radius 2 is 1.77 bits per heavy atom. The fourth-order valence-electron chi connectivity index (χ4n) is 3.26. The van der Waals surface area contributed by atoms with Crippen LogP contribution in [-0.2, 0) is 18.4 Å². The molecule has 0 radical (unpaired) electrons. The van der Waals surface area contributed by atoms with Crippen LogP contribution in [0.15, 0.2) is 69.6 Å². The Morgan fingerprint density at radius 3 is 2.43 bits per heavy atom. The molecule has 0 aliphatic heterocycles. The van der Waals surface area contributed by atoms with Gasteiger partial charge in [0.2, 0.25) is 5.91 Å². The van der Waals surface area contributed by atoms with E-state index >= 15 is 0 Å². The Labute approximate surface area is 175 Å². The SMILES string of the molecule is COc1ccc(-c2csc3c2c(=O)n(C)c(=O)n3CC(=O)Nc2ccccc2)cc1. The first kappa shape index (κ1) is 19.7. The average molecular weight is 421 g/mol. The molecule has 0 fully saturated rings. The van der Waals surface area contributed by atoms with Crippen LogP contribution in [0.4, 0.5) is 5.69 Å². The fourth-order valence-corrected chi connectivity index (χ4v) is 4.33. The highest BCUT2D eigenvalue weighted by Gasteiger charge is 2.19. The summed E-state index contributed by atoms with van der Waals surface area (Å²) in [6, 6.07) is 16.4. The maximum Gasteiger partial charge on any atom is 0.332 e. The Bertz CT molecular complexity index is 1340. The Balaban J connectivity index is 1.79. The number of anilines is 1. The highest BCUT2D eigenvalue weighted by molar-refractivity contribution is 7.17. The van der Waals surface area contributed by atoms with Gasteiger partial charge in [0, 0.05) is 23.7 Å². The van der Waals surface area contributed by atoms with Crippen LogP contribution in [0.2, 0.25) is 0 Å². The van der Waals surface area contributed by atoms with Crippen molar-refractivity contribution in [1.82, 2.24) is 9.13 Å². The summed E-state index contributed by atoms with van der Waals surface area (Å²) in [5.41, 5.74) is 1.27. The van der Waals surface area contributed by atoms with Crippen molar-refractivity contribution in [3.8, 4) is 16.9 Å². The second-order valence-corrected chi connectivity index (χ2v) is 7.56. The molecule has 4 aromatic rings. The van der Waals surface area contributed by atoms with E-state index in [4.69, 9.17) is 4.74 Å². The van der Waals surface area contributed by atoms with Crippen molar-refractivity contribution >= 4 is 33.1 Å². The van der Waals surface area contributed by atoms with Crippen LogP contribution >= 0.6 is 11.3 Å². The summed E-state index contributed by atoms with van der Waals surface area (Å²) in [5.74, 6) is 0.364. The van der Waals surface area contributed by atoms with Crippen LogP contribution in [-0.4, -0.2) is 22.2 Å². The number of nitrogens with zero attached hydrogens (tertiary/aromatic N) is 2. The molecule has 2 aromatic heterocycles. The Hall–Kier alpha value is -3.65. The number of para-hydroxylation sites is 1. The lowest BCUT2D eigenvalue weighted by Crippen LogP contribution is -2.39. The van der Waals surface area contributed by atoms with Gasteiger partial charge in [0.25, 0.3) is 5.56 Å². The molecular formula is C22H19N3O4S. The van der Waals surface area contributed by atoms with Gasteiger partial charge in [-0.1, -0.05) is 30.3 Å². The molecule has 0 atom stereocenters. The van der Waals surface area contributed by atoms with Crippen LogP contribution in [0.3, 0.4) is 0 Å². The second kappa shape index (κ2) is 8.00. The first-order valence-corrected chi connectivity index (χ1v) is 10.1. The molecule has 0 aliphatic rings. The first-order chi connectivity index (χ1) is 14.5. The molecule has 2 heterocycles. The lowest BCUT2D eigenvalue weighted by Gasteiger charge is -2.11. The van der Waals surface area contributed by atoms with Crippen LogP contribution < -0.4 is 21.3 Å². The summed E-state index contributed by atoms with van der Waals surface area (Å²) >= 11 is 1.27. The maximum absolute atomic E-state index is 12.9. The molecule has 0 bridgehead atoms. The van der Waals surface area contributed by atoms with Gasteiger partial charge in [0.15, 0.2) is 0 Å². The van der Waals surface area contributed by atoms with Crippen LogP contribution in [0.1, 0.15) is 0 Å². The molecule has 2 aromatic carbocycles. The van der Waals surface area contributed by atoms with Crippen molar-refractivity contribution in [2.75, 3.05) is 12.4 Å². The molecule has 1 amide bonds. The molecule has 1 N–H and O–H groups in total. The third-order valence-electron chi connectivity index (χ3n) is 4.81. The molecule has 4 rings (SSSR count). The van der Waals surface area contributed by atoms with Gasteiger partial charge in [0.1, 0.15) is 17.1 Å². The molecule has 0 aliphatic carbocycles. The van der Waals surface area contributed by atoms with Gasteiger partial charge >= 0.3 is 5.69 Å². The zero-order valence-corrected chi connectivity index (χ0v) is 17.2. The largest absolute Gasteiger partial charge is 0.497 e. The van der Waals surface area contributed by atoms with Crippen molar-refractivity contribution in [3.63, 3.8) is 0 Å². The van der Waals surface area contributed by atoms with E-state index in [1.165, 1.54) is 23.0 Å². The van der Waals surface area contributed by atoms with E-state index in [0.717, 1.165) is 15.7 Å². The molecule has 0 unspecified atom stereocenters. The summed E-state index contributed by atoms with van der Waals surface area (Å²) in [4.78, 5) is 38.7. The summed E-state index contributed by atoms with van der Waals surface area (Å²) in [7, 11) is 3.01. The number of carbonyl (C=O) groups is 1. The molecule has 30 heavy (non-hydrogen) atoms. The molecular weight excluding hydrogens is 402 g/mol. The third kappa shape index (κ3) is 3.53. The molecule has 152 valence electrons. The van der Waals surface area contributed by atoms with Gasteiger partial charge in [-0.25, -0.2) is 4.79 Å². The number of hydrogen-bond donors (Lipinski definition) is 1. The van der Waals surface area contributed by atoms with Gasteiger partial charge in [-0.2, -0.15) is 0 Å². The number of methoxy groups -OCH3 is 1.